The number of hydrogen-bond acceptors (Lipinski definition) is 2. The van der Waals surface area contributed by atoms with E-state index in [1.807, 2.05) is 12.1 Å². The van der Waals surface area contributed by atoms with Gasteiger partial charge in [-0.15, -0.1) is 0 Å². The summed E-state index contributed by atoms with van der Waals surface area (Å²) < 4.78 is 6.43. The van der Waals surface area contributed by atoms with Gasteiger partial charge in [-0.2, -0.15) is 0 Å². The van der Waals surface area contributed by atoms with Crippen LogP contribution in [0.5, 0.6) is 0 Å². The molecule has 0 amide bonds. The van der Waals surface area contributed by atoms with Crippen LogP contribution in [0.4, 0.5) is 17.1 Å². The molecule has 8 aromatic carbocycles. The molecule has 9 rings (SSSR count). The molecule has 2 nitrogen and oxygen atoms in total. The zero-order valence-corrected chi connectivity index (χ0v) is 27.4. The van der Waals surface area contributed by atoms with E-state index in [1.165, 1.54) is 27.8 Å². The first-order valence-corrected chi connectivity index (χ1v) is 17.0. The molecular formula is C48H33NO. The number of benzene rings is 8. The Morgan fingerprint density at radius 3 is 1.38 bits per heavy atom. The third kappa shape index (κ3) is 5.43. The van der Waals surface area contributed by atoms with Crippen molar-refractivity contribution in [2.45, 2.75) is 0 Å². The number of furan rings is 1. The molecular weight excluding hydrogens is 607 g/mol. The lowest BCUT2D eigenvalue weighted by atomic mass is 9.93. The summed E-state index contributed by atoms with van der Waals surface area (Å²) in [6.07, 6.45) is 0. The number of nitrogens with zero attached hydrogens (tertiary/aromatic N) is 1. The van der Waals surface area contributed by atoms with Crippen LogP contribution in [0.2, 0.25) is 0 Å². The highest BCUT2D eigenvalue weighted by Crippen LogP contribution is 2.41. The fraction of sp³-hybridized carbons (Fsp3) is 0. The van der Waals surface area contributed by atoms with Gasteiger partial charge >= 0.3 is 0 Å². The largest absolute Gasteiger partial charge is 0.455 e. The van der Waals surface area contributed by atoms with E-state index in [-0.39, 0.29) is 0 Å². The van der Waals surface area contributed by atoms with Gasteiger partial charge in [0.25, 0.3) is 0 Å². The molecule has 50 heavy (non-hydrogen) atoms. The van der Waals surface area contributed by atoms with Crippen molar-refractivity contribution in [2.75, 3.05) is 4.90 Å². The maximum Gasteiger partial charge on any atom is 0.143 e. The minimum absolute atomic E-state index is 0.909. The summed E-state index contributed by atoms with van der Waals surface area (Å²) >= 11 is 0. The summed E-state index contributed by atoms with van der Waals surface area (Å²) in [6.45, 7) is 0. The lowest BCUT2D eigenvalue weighted by Crippen LogP contribution is -2.09. The maximum atomic E-state index is 6.43. The standard InChI is InChI=1S/C48H33NO/c1-3-12-34(13-4-1)35-22-24-36(25-23-35)37-26-30-40(31-27-37)49(39-14-5-2-6-15-39)41-32-28-38(29-33-41)42-16-7-8-17-43(42)45-19-11-20-46-44-18-9-10-21-47(44)50-48(45)46/h1-33H. The second-order valence-electron chi connectivity index (χ2n) is 12.5. The summed E-state index contributed by atoms with van der Waals surface area (Å²) in [5, 5.41) is 2.28. The third-order valence-corrected chi connectivity index (χ3v) is 9.52. The molecule has 0 aliphatic carbocycles. The minimum atomic E-state index is 0.909. The quantitative estimate of drug-likeness (QED) is 0.173. The Kier molecular flexibility index (Phi) is 7.53. The molecule has 1 aromatic heterocycles. The molecule has 2 heteroatoms. The molecule has 0 spiro atoms. The topological polar surface area (TPSA) is 16.4 Å². The van der Waals surface area contributed by atoms with Gasteiger partial charge in [-0.05, 0) is 81.4 Å². The van der Waals surface area contributed by atoms with Gasteiger partial charge < -0.3 is 9.32 Å². The Balaban J connectivity index is 1.05. The Bertz CT molecular complexity index is 2550. The fourth-order valence-corrected chi connectivity index (χ4v) is 7.03. The molecule has 0 saturated heterocycles. The van der Waals surface area contributed by atoms with E-state index < -0.39 is 0 Å². The van der Waals surface area contributed by atoms with E-state index >= 15 is 0 Å². The summed E-state index contributed by atoms with van der Waals surface area (Å²) in [6, 6.07) is 70.9. The van der Waals surface area contributed by atoms with Gasteiger partial charge in [-0.25, -0.2) is 0 Å². The van der Waals surface area contributed by atoms with Gasteiger partial charge in [-0.1, -0.05) is 158 Å². The first kappa shape index (κ1) is 29.5. The van der Waals surface area contributed by atoms with E-state index in [1.54, 1.807) is 0 Å². The lowest BCUT2D eigenvalue weighted by molar-refractivity contribution is 0.670. The molecule has 0 radical (unpaired) electrons. The predicted molar refractivity (Wildman–Crippen MR) is 210 cm³/mol. The zero-order chi connectivity index (χ0) is 33.3. The van der Waals surface area contributed by atoms with Crippen molar-refractivity contribution in [2.24, 2.45) is 0 Å². The number of anilines is 3. The molecule has 0 unspecified atom stereocenters. The van der Waals surface area contributed by atoms with Crippen LogP contribution < -0.4 is 4.90 Å². The van der Waals surface area contributed by atoms with Crippen LogP contribution in [0.1, 0.15) is 0 Å². The van der Waals surface area contributed by atoms with Gasteiger partial charge in [0.15, 0.2) is 0 Å². The van der Waals surface area contributed by atoms with Gasteiger partial charge in [0.1, 0.15) is 11.2 Å². The van der Waals surface area contributed by atoms with Crippen molar-refractivity contribution in [3.05, 3.63) is 200 Å². The molecule has 0 bridgehead atoms. The van der Waals surface area contributed by atoms with Crippen LogP contribution >= 0.6 is 0 Å². The molecule has 0 atom stereocenters. The molecule has 0 aliphatic rings. The summed E-state index contributed by atoms with van der Waals surface area (Å²) in [7, 11) is 0. The molecule has 1 heterocycles. The Morgan fingerprint density at radius 1 is 0.280 bits per heavy atom. The second kappa shape index (κ2) is 12.8. The second-order valence-corrected chi connectivity index (χ2v) is 12.5. The molecule has 0 N–H and O–H groups in total. The minimum Gasteiger partial charge on any atom is -0.455 e. The highest BCUT2D eigenvalue weighted by Gasteiger charge is 2.17. The fourth-order valence-electron chi connectivity index (χ4n) is 7.03. The molecule has 0 fully saturated rings. The molecule has 9 aromatic rings. The maximum absolute atomic E-state index is 6.43. The molecule has 0 saturated carbocycles. The van der Waals surface area contributed by atoms with Crippen LogP contribution in [0.15, 0.2) is 205 Å². The predicted octanol–water partition coefficient (Wildman–Crippen LogP) is 13.7. The van der Waals surface area contributed by atoms with Crippen molar-refractivity contribution >= 4 is 39.0 Å². The van der Waals surface area contributed by atoms with Crippen molar-refractivity contribution in [1.29, 1.82) is 0 Å². The van der Waals surface area contributed by atoms with E-state index in [2.05, 4.69) is 193 Å². The number of fused-ring (bicyclic) bond motifs is 3. The molecule has 0 aliphatic heterocycles. The average Bonchev–Trinajstić information content (AvgIpc) is 3.59. The Labute approximate surface area is 292 Å². The van der Waals surface area contributed by atoms with Crippen LogP contribution in [0.25, 0.3) is 66.4 Å². The lowest BCUT2D eigenvalue weighted by Gasteiger charge is -2.26. The van der Waals surface area contributed by atoms with Crippen LogP contribution in [-0.2, 0) is 0 Å². The van der Waals surface area contributed by atoms with E-state index in [9.17, 15) is 0 Å². The van der Waals surface area contributed by atoms with Crippen molar-refractivity contribution in [3.8, 4) is 44.5 Å². The van der Waals surface area contributed by atoms with Gasteiger partial charge in [-0.3, -0.25) is 0 Å². The zero-order valence-electron chi connectivity index (χ0n) is 27.4. The summed E-state index contributed by atoms with van der Waals surface area (Å²) in [5.41, 5.74) is 14.5. The smallest absolute Gasteiger partial charge is 0.143 e. The van der Waals surface area contributed by atoms with Gasteiger partial charge in [0.05, 0.1) is 0 Å². The number of hydrogen-bond donors (Lipinski definition) is 0. The summed E-state index contributed by atoms with van der Waals surface area (Å²) in [5.74, 6) is 0. The van der Waals surface area contributed by atoms with Crippen LogP contribution in [-0.4, -0.2) is 0 Å². The third-order valence-electron chi connectivity index (χ3n) is 9.52. The number of para-hydroxylation sites is 3. The summed E-state index contributed by atoms with van der Waals surface area (Å²) in [4.78, 5) is 2.31. The first-order chi connectivity index (χ1) is 24.8. The monoisotopic (exact) mass is 639 g/mol. The highest BCUT2D eigenvalue weighted by molar-refractivity contribution is 6.10. The van der Waals surface area contributed by atoms with E-state index in [4.69, 9.17) is 4.42 Å². The number of rotatable bonds is 7. The SMILES string of the molecule is c1ccc(-c2ccc(-c3ccc(N(c4ccccc4)c4ccc(-c5ccccc5-c5cccc6c5oc5ccccc56)cc4)cc3)cc2)cc1. The van der Waals surface area contributed by atoms with Crippen LogP contribution in [0, 0.1) is 0 Å². The Hall–Kier alpha value is -6.64. The normalized spacial score (nSPS) is 11.2. The Morgan fingerprint density at radius 2 is 0.720 bits per heavy atom. The molecule has 236 valence electrons. The highest BCUT2D eigenvalue weighted by atomic mass is 16.3. The van der Waals surface area contributed by atoms with E-state index in [0.717, 1.165) is 55.7 Å². The van der Waals surface area contributed by atoms with Crippen molar-refractivity contribution in [3.63, 3.8) is 0 Å². The van der Waals surface area contributed by atoms with Crippen molar-refractivity contribution < 1.29 is 4.42 Å². The van der Waals surface area contributed by atoms with Gasteiger partial charge in [0, 0.05) is 33.4 Å². The average molecular weight is 640 g/mol. The van der Waals surface area contributed by atoms with Gasteiger partial charge in [0.2, 0.25) is 0 Å². The van der Waals surface area contributed by atoms with Crippen LogP contribution in [0.3, 0.4) is 0 Å². The first-order valence-electron chi connectivity index (χ1n) is 17.0. The van der Waals surface area contributed by atoms with E-state index in [0.29, 0.717) is 0 Å². The van der Waals surface area contributed by atoms with Crippen molar-refractivity contribution in [1.82, 2.24) is 0 Å².